The van der Waals surface area contributed by atoms with Gasteiger partial charge in [-0.1, -0.05) is 0 Å². The van der Waals surface area contributed by atoms with Crippen LogP contribution in [-0.2, 0) is 11.2 Å². The van der Waals surface area contributed by atoms with Crippen LogP contribution in [0.2, 0.25) is 0 Å². The van der Waals surface area contributed by atoms with Crippen LogP contribution < -0.4 is 0 Å². The number of hydrogen-bond acceptors (Lipinski definition) is 2. The van der Waals surface area contributed by atoms with E-state index in [-0.39, 0.29) is 11.7 Å². The summed E-state index contributed by atoms with van der Waals surface area (Å²) in [5, 5.41) is 8.94. The van der Waals surface area contributed by atoms with E-state index in [9.17, 15) is 9.18 Å². The zero-order chi connectivity index (χ0) is 13.1. The molecule has 1 aliphatic rings. The third kappa shape index (κ3) is 3.06. The number of carboxylic acids is 1. The van der Waals surface area contributed by atoms with Crippen molar-refractivity contribution < 1.29 is 14.3 Å². The number of aromatic nitrogens is 1. The molecular formula is C14H18FNO2. The fraction of sp³-hybridized carbons (Fsp3) is 0.571. The Morgan fingerprint density at radius 3 is 2.72 bits per heavy atom. The van der Waals surface area contributed by atoms with Crippen molar-refractivity contribution in [3.05, 3.63) is 29.3 Å². The van der Waals surface area contributed by atoms with E-state index < -0.39 is 5.97 Å². The third-order valence-electron chi connectivity index (χ3n) is 3.86. The first-order chi connectivity index (χ1) is 8.56. The van der Waals surface area contributed by atoms with Crippen molar-refractivity contribution in [2.45, 2.75) is 39.0 Å². The topological polar surface area (TPSA) is 50.2 Å². The van der Waals surface area contributed by atoms with Crippen LogP contribution in [0.5, 0.6) is 0 Å². The monoisotopic (exact) mass is 251 g/mol. The fourth-order valence-electron chi connectivity index (χ4n) is 2.68. The Balaban J connectivity index is 1.95. The Morgan fingerprint density at radius 2 is 2.11 bits per heavy atom. The van der Waals surface area contributed by atoms with Crippen molar-refractivity contribution in [3.8, 4) is 0 Å². The highest BCUT2D eigenvalue weighted by molar-refractivity contribution is 5.69. The van der Waals surface area contributed by atoms with Gasteiger partial charge in [-0.15, -0.1) is 0 Å². The Labute approximate surface area is 106 Å². The molecule has 0 atom stereocenters. The number of aryl methyl sites for hydroxylation is 1. The van der Waals surface area contributed by atoms with Gasteiger partial charge in [0.15, 0.2) is 0 Å². The van der Waals surface area contributed by atoms with Gasteiger partial charge in [0.2, 0.25) is 0 Å². The van der Waals surface area contributed by atoms with Gasteiger partial charge < -0.3 is 5.11 Å². The molecule has 1 fully saturated rings. The molecule has 0 aromatic carbocycles. The number of pyridine rings is 1. The van der Waals surface area contributed by atoms with Crippen LogP contribution in [0.4, 0.5) is 4.39 Å². The quantitative estimate of drug-likeness (QED) is 0.898. The first-order valence-electron chi connectivity index (χ1n) is 6.40. The normalized spacial score (nSPS) is 23.9. The second kappa shape index (κ2) is 5.46. The molecule has 0 saturated heterocycles. The SMILES string of the molecule is Cc1ncc(F)cc1C[C@H]1CC[C@H](C(=O)O)CC1. The summed E-state index contributed by atoms with van der Waals surface area (Å²) >= 11 is 0. The van der Waals surface area contributed by atoms with E-state index in [0.717, 1.165) is 43.4 Å². The van der Waals surface area contributed by atoms with E-state index in [1.165, 1.54) is 6.20 Å². The predicted molar refractivity (Wildman–Crippen MR) is 65.7 cm³/mol. The average molecular weight is 251 g/mol. The van der Waals surface area contributed by atoms with Crippen molar-refractivity contribution in [3.63, 3.8) is 0 Å². The van der Waals surface area contributed by atoms with Crippen molar-refractivity contribution in [2.75, 3.05) is 0 Å². The van der Waals surface area contributed by atoms with Crippen LogP contribution in [0.3, 0.4) is 0 Å². The van der Waals surface area contributed by atoms with Crippen molar-refractivity contribution in [2.24, 2.45) is 11.8 Å². The minimum Gasteiger partial charge on any atom is -0.481 e. The molecule has 3 nitrogen and oxygen atoms in total. The summed E-state index contributed by atoms with van der Waals surface area (Å²) in [5.41, 5.74) is 1.82. The second-order valence-electron chi connectivity index (χ2n) is 5.16. The molecule has 0 bridgehead atoms. The van der Waals surface area contributed by atoms with Gasteiger partial charge in [-0.05, 0) is 56.6 Å². The van der Waals surface area contributed by atoms with E-state index in [0.29, 0.717) is 5.92 Å². The van der Waals surface area contributed by atoms with E-state index in [2.05, 4.69) is 4.98 Å². The molecule has 0 radical (unpaired) electrons. The van der Waals surface area contributed by atoms with E-state index >= 15 is 0 Å². The molecular weight excluding hydrogens is 233 g/mol. The molecule has 1 aromatic rings. The van der Waals surface area contributed by atoms with Gasteiger partial charge in [0, 0.05) is 5.69 Å². The maximum atomic E-state index is 13.1. The van der Waals surface area contributed by atoms with Gasteiger partial charge in [-0.3, -0.25) is 9.78 Å². The molecule has 1 heterocycles. The van der Waals surface area contributed by atoms with Crippen LogP contribution >= 0.6 is 0 Å². The largest absolute Gasteiger partial charge is 0.481 e. The van der Waals surface area contributed by atoms with E-state index in [4.69, 9.17) is 5.11 Å². The van der Waals surface area contributed by atoms with E-state index in [1.54, 1.807) is 6.07 Å². The highest BCUT2D eigenvalue weighted by atomic mass is 19.1. The summed E-state index contributed by atoms with van der Waals surface area (Å²) in [6, 6.07) is 1.55. The minimum absolute atomic E-state index is 0.187. The van der Waals surface area contributed by atoms with Gasteiger partial charge in [0.25, 0.3) is 0 Å². The summed E-state index contributed by atoms with van der Waals surface area (Å²) in [7, 11) is 0. The molecule has 1 saturated carbocycles. The van der Waals surface area contributed by atoms with Gasteiger partial charge in [0.05, 0.1) is 12.1 Å². The van der Waals surface area contributed by atoms with Gasteiger partial charge in [-0.2, -0.15) is 0 Å². The summed E-state index contributed by atoms with van der Waals surface area (Å²) in [6.07, 6.45) is 5.34. The zero-order valence-electron chi connectivity index (χ0n) is 10.5. The standard InChI is InChI=1S/C14H18FNO2/c1-9-12(7-13(15)8-16-9)6-10-2-4-11(5-3-10)14(17)18/h7-8,10-11H,2-6H2,1H3,(H,17,18)/t10-,11-. The van der Waals surface area contributed by atoms with Gasteiger partial charge >= 0.3 is 5.97 Å². The van der Waals surface area contributed by atoms with Crippen molar-refractivity contribution in [1.29, 1.82) is 0 Å². The van der Waals surface area contributed by atoms with Crippen LogP contribution in [-0.4, -0.2) is 16.1 Å². The highest BCUT2D eigenvalue weighted by Crippen LogP contribution is 2.31. The lowest BCUT2D eigenvalue weighted by Gasteiger charge is -2.26. The molecule has 98 valence electrons. The number of hydrogen-bond donors (Lipinski definition) is 1. The molecule has 1 N–H and O–H groups in total. The molecule has 0 aliphatic heterocycles. The highest BCUT2D eigenvalue weighted by Gasteiger charge is 2.26. The number of carbonyl (C=O) groups is 1. The second-order valence-corrected chi connectivity index (χ2v) is 5.16. The summed E-state index contributed by atoms with van der Waals surface area (Å²) in [5.74, 6) is -0.706. The lowest BCUT2D eigenvalue weighted by molar-refractivity contribution is -0.143. The summed E-state index contributed by atoms with van der Waals surface area (Å²) < 4.78 is 13.1. The lowest BCUT2D eigenvalue weighted by Crippen LogP contribution is -2.22. The van der Waals surface area contributed by atoms with Crippen LogP contribution in [0.15, 0.2) is 12.3 Å². The molecule has 0 spiro atoms. The average Bonchev–Trinajstić information content (AvgIpc) is 2.34. The zero-order valence-corrected chi connectivity index (χ0v) is 10.5. The minimum atomic E-state index is -0.683. The first-order valence-corrected chi connectivity index (χ1v) is 6.40. The Bertz CT molecular complexity index is 439. The van der Waals surface area contributed by atoms with Crippen LogP contribution in [0.1, 0.15) is 36.9 Å². The molecule has 4 heteroatoms. The number of carboxylic acid groups (broad SMARTS) is 1. The first kappa shape index (κ1) is 13.0. The van der Waals surface area contributed by atoms with Gasteiger partial charge in [-0.25, -0.2) is 4.39 Å². The number of nitrogens with zero attached hydrogens (tertiary/aromatic N) is 1. The maximum absolute atomic E-state index is 13.1. The summed E-state index contributed by atoms with van der Waals surface area (Å²) in [4.78, 5) is 14.9. The van der Waals surface area contributed by atoms with Crippen LogP contribution in [0.25, 0.3) is 0 Å². The lowest BCUT2D eigenvalue weighted by atomic mass is 9.79. The van der Waals surface area contributed by atoms with Gasteiger partial charge in [0.1, 0.15) is 5.82 Å². The van der Waals surface area contributed by atoms with Crippen molar-refractivity contribution in [1.82, 2.24) is 4.98 Å². The third-order valence-corrected chi connectivity index (χ3v) is 3.86. The fourth-order valence-corrected chi connectivity index (χ4v) is 2.68. The molecule has 1 aliphatic carbocycles. The summed E-state index contributed by atoms with van der Waals surface area (Å²) in [6.45, 7) is 1.89. The number of halogens is 1. The Kier molecular flexibility index (Phi) is 3.94. The van der Waals surface area contributed by atoms with E-state index in [1.807, 2.05) is 6.92 Å². The Morgan fingerprint density at radius 1 is 1.44 bits per heavy atom. The number of rotatable bonds is 3. The molecule has 0 unspecified atom stereocenters. The smallest absolute Gasteiger partial charge is 0.306 e. The molecule has 0 amide bonds. The molecule has 18 heavy (non-hydrogen) atoms. The Hall–Kier alpha value is -1.45. The maximum Gasteiger partial charge on any atom is 0.306 e. The van der Waals surface area contributed by atoms with Crippen molar-refractivity contribution >= 4 is 5.97 Å². The predicted octanol–water partition coefficient (Wildman–Crippen LogP) is 2.96. The molecule has 2 rings (SSSR count). The molecule has 1 aromatic heterocycles. The number of aliphatic carboxylic acids is 1. The van der Waals surface area contributed by atoms with Crippen LogP contribution in [0, 0.1) is 24.6 Å².